The third kappa shape index (κ3) is 5.60. The van der Waals surface area contributed by atoms with Gasteiger partial charge in [-0.25, -0.2) is 9.36 Å². The summed E-state index contributed by atoms with van der Waals surface area (Å²) >= 11 is 0. The minimum absolute atomic E-state index is 0.0401. The molecular weight excluding hydrogens is 438 g/mol. The van der Waals surface area contributed by atoms with Crippen LogP contribution in [0.5, 0.6) is 0 Å². The molecule has 0 saturated heterocycles. The lowest BCUT2D eigenvalue weighted by Crippen LogP contribution is -2.39. The molecule has 180 valence electrons. The predicted molar refractivity (Wildman–Crippen MR) is 140 cm³/mol. The van der Waals surface area contributed by atoms with Crippen LogP contribution in [-0.4, -0.2) is 21.6 Å². The lowest BCUT2D eigenvalue weighted by Gasteiger charge is -2.15. The lowest BCUT2D eigenvalue weighted by atomic mass is 10.1. The van der Waals surface area contributed by atoms with E-state index in [0.717, 1.165) is 23.1 Å². The van der Waals surface area contributed by atoms with Crippen molar-refractivity contribution in [2.24, 2.45) is 5.92 Å². The van der Waals surface area contributed by atoms with Gasteiger partial charge in [-0.2, -0.15) is 0 Å². The second kappa shape index (κ2) is 10.6. The Morgan fingerprint density at radius 1 is 0.886 bits per heavy atom. The van der Waals surface area contributed by atoms with Crippen LogP contribution in [0.25, 0.3) is 16.6 Å². The minimum atomic E-state index is -0.395. The van der Waals surface area contributed by atoms with Crippen molar-refractivity contribution in [3.8, 4) is 5.69 Å². The largest absolute Gasteiger partial charge is 0.356 e. The molecule has 0 aliphatic rings. The van der Waals surface area contributed by atoms with Gasteiger partial charge in [0.25, 0.3) is 5.56 Å². The molecule has 0 fully saturated rings. The van der Waals surface area contributed by atoms with Gasteiger partial charge < -0.3 is 5.32 Å². The summed E-state index contributed by atoms with van der Waals surface area (Å²) in [4.78, 5) is 39.1. The quantitative estimate of drug-likeness (QED) is 0.420. The molecule has 0 radical (unpaired) electrons. The van der Waals surface area contributed by atoms with Crippen LogP contribution in [0.1, 0.15) is 37.0 Å². The smallest absolute Gasteiger partial charge is 0.336 e. The third-order valence-electron chi connectivity index (χ3n) is 6.11. The first kappa shape index (κ1) is 24.2. The monoisotopic (exact) mass is 469 g/mol. The number of carbonyl (C=O) groups excluding carboxylic acids is 1. The zero-order chi connectivity index (χ0) is 24.9. The van der Waals surface area contributed by atoms with Crippen molar-refractivity contribution in [2.45, 2.75) is 40.2 Å². The maximum absolute atomic E-state index is 13.6. The summed E-state index contributed by atoms with van der Waals surface area (Å²) in [6.07, 6.45) is 1.19. The summed E-state index contributed by atoms with van der Waals surface area (Å²) in [6.45, 7) is 7.27. The molecule has 3 aromatic carbocycles. The number of carbonyl (C=O) groups is 1. The molecule has 1 amide bonds. The van der Waals surface area contributed by atoms with E-state index in [9.17, 15) is 14.4 Å². The molecule has 0 bridgehead atoms. The molecular formula is C29H31N3O3. The zero-order valence-corrected chi connectivity index (χ0v) is 20.5. The van der Waals surface area contributed by atoms with Crippen molar-refractivity contribution in [1.29, 1.82) is 0 Å². The fourth-order valence-electron chi connectivity index (χ4n) is 4.09. The second-order valence-corrected chi connectivity index (χ2v) is 9.39. The average Bonchev–Trinajstić information content (AvgIpc) is 2.84. The van der Waals surface area contributed by atoms with Crippen LogP contribution in [0.4, 0.5) is 0 Å². The standard InChI is InChI=1S/C29H31N3O3/c1-20(2)16-17-30-27(33)18-22-12-14-24(15-13-22)32-28(34)25-6-4-5-7-26(25)31(29(32)35)19-23-10-8-21(3)9-11-23/h4-15,20H,16-19H2,1-3H3,(H,30,33). The molecule has 0 spiro atoms. The number of fused-ring (bicyclic) bond motifs is 1. The maximum Gasteiger partial charge on any atom is 0.336 e. The van der Waals surface area contributed by atoms with Crippen molar-refractivity contribution in [2.75, 3.05) is 6.54 Å². The Morgan fingerprint density at radius 2 is 1.54 bits per heavy atom. The lowest BCUT2D eigenvalue weighted by molar-refractivity contribution is -0.120. The van der Waals surface area contributed by atoms with E-state index in [0.29, 0.717) is 35.6 Å². The summed E-state index contributed by atoms with van der Waals surface area (Å²) in [5, 5.41) is 3.41. The van der Waals surface area contributed by atoms with E-state index in [4.69, 9.17) is 0 Å². The highest BCUT2D eigenvalue weighted by atomic mass is 16.2. The van der Waals surface area contributed by atoms with E-state index >= 15 is 0 Å². The normalized spacial score (nSPS) is 11.2. The molecule has 0 saturated carbocycles. The maximum atomic E-state index is 13.6. The first-order valence-electron chi connectivity index (χ1n) is 12.0. The van der Waals surface area contributed by atoms with Crippen molar-refractivity contribution in [3.63, 3.8) is 0 Å². The second-order valence-electron chi connectivity index (χ2n) is 9.39. The van der Waals surface area contributed by atoms with Crippen molar-refractivity contribution < 1.29 is 4.79 Å². The van der Waals surface area contributed by atoms with Gasteiger partial charge >= 0.3 is 5.69 Å². The summed E-state index contributed by atoms with van der Waals surface area (Å²) < 4.78 is 2.85. The van der Waals surface area contributed by atoms with Crippen LogP contribution in [0.2, 0.25) is 0 Å². The first-order chi connectivity index (χ1) is 16.8. The number of amides is 1. The number of rotatable bonds is 8. The Labute approximate surface area is 204 Å². The number of nitrogens with zero attached hydrogens (tertiary/aromatic N) is 2. The van der Waals surface area contributed by atoms with Gasteiger partial charge in [-0.1, -0.05) is 67.9 Å². The third-order valence-corrected chi connectivity index (χ3v) is 6.11. The van der Waals surface area contributed by atoms with Crippen molar-refractivity contribution >= 4 is 16.8 Å². The molecule has 4 aromatic rings. The predicted octanol–water partition coefficient (Wildman–Crippen LogP) is 4.21. The molecule has 0 atom stereocenters. The number of nitrogens with one attached hydrogen (secondary N) is 1. The molecule has 1 aromatic heterocycles. The van der Waals surface area contributed by atoms with E-state index in [-0.39, 0.29) is 17.9 Å². The fourth-order valence-corrected chi connectivity index (χ4v) is 4.09. The fraction of sp³-hybridized carbons (Fsp3) is 0.276. The highest BCUT2D eigenvalue weighted by molar-refractivity contribution is 5.79. The minimum Gasteiger partial charge on any atom is -0.356 e. The number of aromatic nitrogens is 2. The Morgan fingerprint density at radius 3 is 2.23 bits per heavy atom. The van der Waals surface area contributed by atoms with E-state index in [1.165, 1.54) is 4.57 Å². The Bertz CT molecular complexity index is 1450. The number of hydrogen-bond donors (Lipinski definition) is 1. The molecule has 0 aliphatic heterocycles. The number of benzene rings is 3. The highest BCUT2D eigenvalue weighted by Gasteiger charge is 2.15. The van der Waals surface area contributed by atoms with E-state index in [1.807, 2.05) is 37.3 Å². The Hall–Kier alpha value is -3.93. The number of hydrogen-bond acceptors (Lipinski definition) is 3. The van der Waals surface area contributed by atoms with Gasteiger partial charge in [-0.3, -0.25) is 14.2 Å². The summed E-state index contributed by atoms with van der Waals surface area (Å²) in [5.41, 5.74) is 3.28. The van der Waals surface area contributed by atoms with Crippen LogP contribution >= 0.6 is 0 Å². The molecule has 1 heterocycles. The Balaban J connectivity index is 1.67. The van der Waals surface area contributed by atoms with Crippen LogP contribution in [0.15, 0.2) is 82.4 Å². The summed E-state index contributed by atoms with van der Waals surface area (Å²) in [5.74, 6) is 0.492. The van der Waals surface area contributed by atoms with Gasteiger partial charge in [0, 0.05) is 6.54 Å². The van der Waals surface area contributed by atoms with E-state index < -0.39 is 5.69 Å². The van der Waals surface area contributed by atoms with Gasteiger partial charge in [0.2, 0.25) is 5.91 Å². The van der Waals surface area contributed by atoms with E-state index in [1.54, 1.807) is 47.0 Å². The van der Waals surface area contributed by atoms with Crippen LogP contribution in [0, 0.1) is 12.8 Å². The molecule has 35 heavy (non-hydrogen) atoms. The number of aryl methyl sites for hydroxylation is 1. The molecule has 6 nitrogen and oxygen atoms in total. The van der Waals surface area contributed by atoms with Crippen molar-refractivity contribution in [3.05, 3.63) is 110 Å². The molecule has 6 heteroatoms. The SMILES string of the molecule is Cc1ccc(Cn2c(=O)n(-c3ccc(CC(=O)NCCC(C)C)cc3)c(=O)c3ccccc32)cc1. The van der Waals surface area contributed by atoms with E-state index in [2.05, 4.69) is 19.2 Å². The molecule has 0 aliphatic carbocycles. The molecule has 1 N–H and O–H groups in total. The van der Waals surface area contributed by atoms with Gasteiger partial charge in [-0.05, 0) is 54.7 Å². The van der Waals surface area contributed by atoms with Crippen LogP contribution < -0.4 is 16.6 Å². The topological polar surface area (TPSA) is 73.1 Å². The van der Waals surface area contributed by atoms with Crippen LogP contribution in [-0.2, 0) is 17.8 Å². The van der Waals surface area contributed by atoms with Gasteiger partial charge in [0.05, 0.1) is 29.6 Å². The van der Waals surface area contributed by atoms with Gasteiger partial charge in [0.15, 0.2) is 0 Å². The molecule has 0 unspecified atom stereocenters. The van der Waals surface area contributed by atoms with Crippen molar-refractivity contribution in [1.82, 2.24) is 14.5 Å². The van der Waals surface area contributed by atoms with Gasteiger partial charge in [0.1, 0.15) is 0 Å². The summed E-state index contributed by atoms with van der Waals surface area (Å²) in [7, 11) is 0. The van der Waals surface area contributed by atoms with Crippen LogP contribution in [0.3, 0.4) is 0 Å². The van der Waals surface area contributed by atoms with Gasteiger partial charge in [-0.15, -0.1) is 0 Å². The number of para-hydroxylation sites is 1. The highest BCUT2D eigenvalue weighted by Crippen LogP contribution is 2.14. The average molecular weight is 470 g/mol. The zero-order valence-electron chi connectivity index (χ0n) is 20.5. The summed E-state index contributed by atoms with van der Waals surface area (Å²) in [6, 6.07) is 22.2. The molecule has 4 rings (SSSR count). The first-order valence-corrected chi connectivity index (χ1v) is 12.0. The Kier molecular flexibility index (Phi) is 7.30.